The van der Waals surface area contributed by atoms with Crippen molar-refractivity contribution in [1.82, 2.24) is 15.3 Å². The number of halogens is 3. The van der Waals surface area contributed by atoms with Gasteiger partial charge in [-0.3, -0.25) is 4.79 Å². The van der Waals surface area contributed by atoms with Gasteiger partial charge in [-0.25, -0.2) is 9.97 Å². The predicted molar refractivity (Wildman–Crippen MR) is 83.7 cm³/mol. The molecule has 0 saturated carbocycles. The van der Waals surface area contributed by atoms with Gasteiger partial charge in [-0.2, -0.15) is 13.2 Å². The zero-order chi connectivity index (χ0) is 17.7. The Labute approximate surface area is 136 Å². The first-order valence-electron chi connectivity index (χ1n) is 7.06. The quantitative estimate of drug-likeness (QED) is 0.550. The third kappa shape index (κ3) is 3.99. The van der Waals surface area contributed by atoms with Gasteiger partial charge in [-0.1, -0.05) is 0 Å². The Hall–Kier alpha value is -2.68. The van der Waals surface area contributed by atoms with Gasteiger partial charge in [0.15, 0.2) is 0 Å². The van der Waals surface area contributed by atoms with Crippen LogP contribution in [0.1, 0.15) is 21.6 Å². The molecule has 2 aromatic rings. The van der Waals surface area contributed by atoms with Gasteiger partial charge < -0.3 is 16.4 Å². The van der Waals surface area contributed by atoms with Crippen LogP contribution in [-0.4, -0.2) is 35.9 Å². The molecule has 0 amide bonds. The first kappa shape index (κ1) is 17.7. The van der Waals surface area contributed by atoms with E-state index in [1.807, 2.05) is 0 Å². The zero-order valence-corrected chi connectivity index (χ0v) is 12.8. The van der Waals surface area contributed by atoms with E-state index in [2.05, 4.69) is 20.6 Å². The molecule has 0 atom stereocenters. The number of alkyl halides is 3. The van der Waals surface area contributed by atoms with Crippen LogP contribution in [0.4, 0.5) is 24.8 Å². The topological polar surface area (TPSA) is 92.9 Å². The van der Waals surface area contributed by atoms with Crippen LogP contribution in [-0.2, 0) is 6.18 Å². The van der Waals surface area contributed by atoms with Crippen molar-refractivity contribution in [3.63, 3.8) is 0 Å². The summed E-state index contributed by atoms with van der Waals surface area (Å²) in [5.41, 5.74) is 3.64. The average Bonchev–Trinajstić information content (AvgIpc) is 2.54. The molecule has 0 aliphatic carbocycles. The number of anilines is 2. The highest BCUT2D eigenvalue weighted by Crippen LogP contribution is 2.33. The molecule has 24 heavy (non-hydrogen) atoms. The van der Waals surface area contributed by atoms with Crippen LogP contribution in [0, 0.1) is 0 Å². The molecule has 0 aliphatic rings. The Morgan fingerprint density at radius 2 is 2.00 bits per heavy atom. The average molecular weight is 339 g/mol. The van der Waals surface area contributed by atoms with E-state index in [-0.39, 0.29) is 17.2 Å². The number of nitrogens with two attached hydrogens (primary N) is 1. The number of nitrogen functional groups attached to an aromatic ring is 1. The molecule has 4 N–H and O–H groups in total. The second kappa shape index (κ2) is 7.26. The molecule has 0 aliphatic heterocycles. The zero-order valence-electron chi connectivity index (χ0n) is 12.8. The SMILES string of the molecule is CNCCNc1ccc(C(F)(F)F)c(C(=O)c2cccnc2N)n1. The molecule has 0 aromatic carbocycles. The molecule has 0 fully saturated rings. The van der Waals surface area contributed by atoms with Crippen LogP contribution in [0.2, 0.25) is 0 Å². The number of hydrogen-bond donors (Lipinski definition) is 3. The second-order valence-electron chi connectivity index (χ2n) is 4.89. The van der Waals surface area contributed by atoms with Gasteiger partial charge in [0.25, 0.3) is 0 Å². The minimum absolute atomic E-state index is 0.122. The maximum absolute atomic E-state index is 13.2. The minimum atomic E-state index is -4.71. The molecule has 0 spiro atoms. The highest BCUT2D eigenvalue weighted by atomic mass is 19.4. The largest absolute Gasteiger partial charge is 0.418 e. The Bertz CT molecular complexity index is 733. The minimum Gasteiger partial charge on any atom is -0.383 e. The highest BCUT2D eigenvalue weighted by molar-refractivity contribution is 6.11. The van der Waals surface area contributed by atoms with Crippen LogP contribution < -0.4 is 16.4 Å². The predicted octanol–water partition coefficient (Wildman–Crippen LogP) is 1.94. The van der Waals surface area contributed by atoms with Crippen molar-refractivity contribution in [2.45, 2.75) is 6.18 Å². The number of likely N-dealkylation sites (N-methyl/N-ethyl adjacent to an activating group) is 1. The molecule has 0 bridgehead atoms. The van der Waals surface area contributed by atoms with E-state index in [0.717, 1.165) is 6.07 Å². The Kier molecular flexibility index (Phi) is 5.35. The third-order valence-electron chi connectivity index (χ3n) is 3.18. The summed E-state index contributed by atoms with van der Waals surface area (Å²) < 4.78 is 39.6. The fraction of sp³-hybridized carbons (Fsp3) is 0.267. The van der Waals surface area contributed by atoms with Crippen molar-refractivity contribution in [1.29, 1.82) is 0 Å². The van der Waals surface area contributed by atoms with Crippen LogP contribution >= 0.6 is 0 Å². The number of pyridine rings is 2. The maximum Gasteiger partial charge on any atom is 0.418 e. The summed E-state index contributed by atoms with van der Waals surface area (Å²) in [4.78, 5) is 20.1. The lowest BCUT2D eigenvalue weighted by molar-refractivity contribution is -0.138. The second-order valence-corrected chi connectivity index (χ2v) is 4.89. The molecule has 2 rings (SSSR count). The van der Waals surface area contributed by atoms with Crippen LogP contribution in [0.5, 0.6) is 0 Å². The van der Waals surface area contributed by atoms with Gasteiger partial charge in [0.05, 0.1) is 11.1 Å². The van der Waals surface area contributed by atoms with Crippen LogP contribution in [0.15, 0.2) is 30.5 Å². The van der Waals surface area contributed by atoms with Crippen molar-refractivity contribution >= 4 is 17.4 Å². The van der Waals surface area contributed by atoms with Gasteiger partial charge >= 0.3 is 6.18 Å². The lowest BCUT2D eigenvalue weighted by Gasteiger charge is -2.14. The first-order valence-corrected chi connectivity index (χ1v) is 7.06. The van der Waals surface area contributed by atoms with Gasteiger partial charge in [0.1, 0.15) is 17.3 Å². The lowest BCUT2D eigenvalue weighted by atomic mass is 10.0. The third-order valence-corrected chi connectivity index (χ3v) is 3.18. The number of carbonyl (C=O) groups excluding carboxylic acids is 1. The van der Waals surface area contributed by atoms with Gasteiger partial charge in [0.2, 0.25) is 5.78 Å². The Morgan fingerprint density at radius 1 is 1.25 bits per heavy atom. The summed E-state index contributed by atoms with van der Waals surface area (Å²) in [6, 6.07) is 4.75. The number of aromatic nitrogens is 2. The molecule has 128 valence electrons. The highest BCUT2D eigenvalue weighted by Gasteiger charge is 2.37. The summed E-state index contributed by atoms with van der Waals surface area (Å²) in [6.45, 7) is 1.03. The normalized spacial score (nSPS) is 11.3. The van der Waals surface area contributed by atoms with E-state index < -0.39 is 23.2 Å². The molecule has 0 radical (unpaired) electrons. The van der Waals surface area contributed by atoms with Gasteiger partial charge in [-0.05, 0) is 31.3 Å². The number of nitrogens with one attached hydrogen (secondary N) is 2. The molecular weight excluding hydrogens is 323 g/mol. The van der Waals surface area contributed by atoms with Crippen molar-refractivity contribution in [3.05, 3.63) is 47.3 Å². The van der Waals surface area contributed by atoms with E-state index in [1.54, 1.807) is 7.05 Å². The molecular formula is C15H16F3N5O. The van der Waals surface area contributed by atoms with Gasteiger partial charge in [-0.15, -0.1) is 0 Å². The molecule has 0 saturated heterocycles. The van der Waals surface area contributed by atoms with E-state index in [0.29, 0.717) is 13.1 Å². The standard InChI is InChI=1S/C15H16F3N5O/c1-20-7-8-21-11-5-4-10(15(16,17)18)12(23-11)13(24)9-3-2-6-22-14(9)19/h2-6,20H,7-8H2,1H3,(H2,19,22)(H,21,23). The fourth-order valence-electron chi connectivity index (χ4n) is 2.01. The molecule has 9 heteroatoms. The van der Waals surface area contributed by atoms with Gasteiger partial charge in [0, 0.05) is 19.3 Å². The number of ketones is 1. The number of carbonyl (C=O) groups is 1. The molecule has 2 aromatic heterocycles. The summed E-state index contributed by atoms with van der Waals surface area (Å²) in [7, 11) is 1.74. The Balaban J connectivity index is 2.46. The van der Waals surface area contributed by atoms with Crippen LogP contribution in [0.25, 0.3) is 0 Å². The van der Waals surface area contributed by atoms with Crippen molar-refractivity contribution in [2.24, 2.45) is 0 Å². The monoisotopic (exact) mass is 339 g/mol. The summed E-state index contributed by atoms with van der Waals surface area (Å²) in [5.74, 6) is -0.903. The van der Waals surface area contributed by atoms with E-state index in [9.17, 15) is 18.0 Å². The summed E-state index contributed by atoms with van der Waals surface area (Å²) in [6.07, 6.45) is -3.36. The molecule has 2 heterocycles. The fourth-order valence-corrected chi connectivity index (χ4v) is 2.01. The van der Waals surface area contributed by atoms with Crippen LogP contribution in [0.3, 0.4) is 0 Å². The molecule has 6 nitrogen and oxygen atoms in total. The smallest absolute Gasteiger partial charge is 0.383 e. The first-order chi connectivity index (χ1) is 11.3. The Morgan fingerprint density at radius 3 is 2.62 bits per heavy atom. The van der Waals surface area contributed by atoms with E-state index >= 15 is 0 Å². The lowest BCUT2D eigenvalue weighted by Crippen LogP contribution is -2.21. The number of hydrogen-bond acceptors (Lipinski definition) is 6. The van der Waals surface area contributed by atoms with Crippen molar-refractivity contribution < 1.29 is 18.0 Å². The summed E-state index contributed by atoms with van der Waals surface area (Å²) >= 11 is 0. The number of rotatable bonds is 6. The van der Waals surface area contributed by atoms with Crippen molar-refractivity contribution in [2.75, 3.05) is 31.2 Å². The molecule has 0 unspecified atom stereocenters. The van der Waals surface area contributed by atoms with Crippen molar-refractivity contribution in [3.8, 4) is 0 Å². The summed E-state index contributed by atoms with van der Waals surface area (Å²) in [5, 5.41) is 5.73. The number of nitrogens with zero attached hydrogens (tertiary/aromatic N) is 2. The maximum atomic E-state index is 13.2. The van der Waals surface area contributed by atoms with E-state index in [1.165, 1.54) is 24.4 Å². The van der Waals surface area contributed by atoms with E-state index in [4.69, 9.17) is 5.73 Å².